The van der Waals surface area contributed by atoms with Gasteiger partial charge in [-0.25, -0.2) is 4.98 Å². The van der Waals surface area contributed by atoms with E-state index in [0.29, 0.717) is 34.0 Å². The highest BCUT2D eigenvalue weighted by Gasteiger charge is 2.19. The van der Waals surface area contributed by atoms with Crippen LogP contribution in [0.25, 0.3) is 10.9 Å². The smallest absolute Gasteiger partial charge is 0.262 e. The molecule has 0 aliphatic rings. The van der Waals surface area contributed by atoms with Crippen molar-refractivity contribution in [3.8, 4) is 0 Å². The molecular weight excluding hydrogens is 412 g/mol. The van der Waals surface area contributed by atoms with E-state index in [4.69, 9.17) is 0 Å². The van der Waals surface area contributed by atoms with Crippen molar-refractivity contribution < 1.29 is 9.59 Å². The summed E-state index contributed by atoms with van der Waals surface area (Å²) in [5.74, 6) is -0.347. The summed E-state index contributed by atoms with van der Waals surface area (Å²) in [7, 11) is 0. The van der Waals surface area contributed by atoms with Gasteiger partial charge in [-0.05, 0) is 49.7 Å². The fraction of sp³-hybridized carbons (Fsp3) is 0.304. The molecule has 8 heteroatoms. The minimum Gasteiger partial charge on any atom is -0.326 e. The van der Waals surface area contributed by atoms with Crippen LogP contribution >= 0.6 is 11.8 Å². The number of carbonyl (C=O) groups excluding carboxylic acids is 2. The summed E-state index contributed by atoms with van der Waals surface area (Å²) in [4.78, 5) is 41.5. The SMILES string of the molecule is CCCCn1c(S[C@H](C)C(=O)Nc2ccc(NC(C)=O)cc2)nc2ccccc2c1=O. The van der Waals surface area contributed by atoms with Crippen LogP contribution in [0.15, 0.2) is 58.5 Å². The van der Waals surface area contributed by atoms with Gasteiger partial charge in [-0.3, -0.25) is 19.0 Å². The molecule has 3 aromatic rings. The zero-order valence-corrected chi connectivity index (χ0v) is 18.7. The molecule has 0 aliphatic heterocycles. The number of rotatable bonds is 8. The third kappa shape index (κ3) is 5.73. The number of benzene rings is 2. The Morgan fingerprint density at radius 1 is 1.06 bits per heavy atom. The number of fused-ring (bicyclic) bond motifs is 1. The summed E-state index contributed by atoms with van der Waals surface area (Å²) < 4.78 is 1.67. The maximum Gasteiger partial charge on any atom is 0.262 e. The van der Waals surface area contributed by atoms with Crippen LogP contribution in [0.5, 0.6) is 0 Å². The molecule has 0 bridgehead atoms. The van der Waals surface area contributed by atoms with Crippen LogP contribution < -0.4 is 16.2 Å². The van der Waals surface area contributed by atoms with Crippen molar-refractivity contribution in [2.45, 2.75) is 50.6 Å². The Kier molecular flexibility index (Phi) is 7.46. The van der Waals surface area contributed by atoms with E-state index in [1.54, 1.807) is 41.8 Å². The molecule has 0 radical (unpaired) electrons. The lowest BCUT2D eigenvalue weighted by Gasteiger charge is -2.16. The average Bonchev–Trinajstić information content (AvgIpc) is 2.74. The van der Waals surface area contributed by atoms with Gasteiger partial charge >= 0.3 is 0 Å². The van der Waals surface area contributed by atoms with Crippen molar-refractivity contribution in [2.24, 2.45) is 0 Å². The second kappa shape index (κ2) is 10.3. The molecule has 0 saturated heterocycles. The largest absolute Gasteiger partial charge is 0.326 e. The molecule has 0 unspecified atom stereocenters. The third-order valence-electron chi connectivity index (χ3n) is 4.69. The lowest BCUT2D eigenvalue weighted by molar-refractivity contribution is -0.115. The highest BCUT2D eigenvalue weighted by molar-refractivity contribution is 8.00. The van der Waals surface area contributed by atoms with Crippen LogP contribution in [-0.2, 0) is 16.1 Å². The summed E-state index contributed by atoms with van der Waals surface area (Å²) in [5.41, 5.74) is 1.83. The minimum absolute atomic E-state index is 0.0808. The quantitative estimate of drug-likeness (QED) is 0.405. The van der Waals surface area contributed by atoms with E-state index in [0.717, 1.165) is 12.8 Å². The maximum atomic E-state index is 13.0. The molecule has 1 heterocycles. The van der Waals surface area contributed by atoms with Gasteiger partial charge in [0, 0.05) is 24.8 Å². The van der Waals surface area contributed by atoms with Crippen molar-refractivity contribution in [1.29, 1.82) is 0 Å². The molecule has 1 atom stereocenters. The lowest BCUT2D eigenvalue weighted by atomic mass is 10.2. The summed E-state index contributed by atoms with van der Waals surface area (Å²) >= 11 is 1.27. The van der Waals surface area contributed by atoms with Gasteiger partial charge in [0.15, 0.2) is 5.16 Å². The number of anilines is 2. The van der Waals surface area contributed by atoms with Gasteiger partial charge in [0.2, 0.25) is 11.8 Å². The molecule has 7 nitrogen and oxygen atoms in total. The van der Waals surface area contributed by atoms with Crippen molar-refractivity contribution >= 4 is 45.9 Å². The Bertz CT molecular complexity index is 1140. The first-order valence-corrected chi connectivity index (χ1v) is 11.1. The molecule has 2 amide bonds. The predicted octanol–water partition coefficient (Wildman–Crippen LogP) is 4.27. The van der Waals surface area contributed by atoms with Gasteiger partial charge in [0.05, 0.1) is 16.2 Å². The second-order valence-electron chi connectivity index (χ2n) is 7.23. The first-order valence-electron chi connectivity index (χ1n) is 10.2. The number of hydrogen-bond acceptors (Lipinski definition) is 5. The van der Waals surface area contributed by atoms with Gasteiger partial charge in [-0.1, -0.05) is 37.2 Å². The number of thioether (sulfide) groups is 1. The summed E-state index contributed by atoms with van der Waals surface area (Å²) in [5, 5.41) is 6.22. The van der Waals surface area contributed by atoms with Crippen LogP contribution in [-0.4, -0.2) is 26.6 Å². The van der Waals surface area contributed by atoms with Crippen LogP contribution in [0, 0.1) is 0 Å². The standard InChI is InChI=1S/C23H26N4O3S/c1-4-5-14-27-22(30)19-8-6-7-9-20(19)26-23(27)31-15(2)21(29)25-18-12-10-17(11-13-18)24-16(3)28/h6-13,15H,4-5,14H2,1-3H3,(H,24,28)(H,25,29)/t15-/m1/s1. The van der Waals surface area contributed by atoms with E-state index in [-0.39, 0.29) is 17.4 Å². The fourth-order valence-corrected chi connectivity index (χ4v) is 3.98. The van der Waals surface area contributed by atoms with Gasteiger partial charge in [-0.15, -0.1) is 0 Å². The van der Waals surface area contributed by atoms with Crippen LogP contribution in [0.1, 0.15) is 33.6 Å². The summed E-state index contributed by atoms with van der Waals surface area (Å²) in [6.07, 6.45) is 1.81. The molecule has 0 spiro atoms. The van der Waals surface area contributed by atoms with Crippen molar-refractivity contribution in [3.63, 3.8) is 0 Å². The number of carbonyl (C=O) groups is 2. The monoisotopic (exact) mass is 438 g/mol. The second-order valence-corrected chi connectivity index (χ2v) is 8.54. The predicted molar refractivity (Wildman–Crippen MR) is 126 cm³/mol. The zero-order valence-electron chi connectivity index (χ0n) is 17.8. The highest BCUT2D eigenvalue weighted by atomic mass is 32.2. The summed E-state index contributed by atoms with van der Waals surface area (Å²) in [6, 6.07) is 14.2. The van der Waals surface area contributed by atoms with Gasteiger partial charge in [-0.2, -0.15) is 0 Å². The molecule has 2 aromatic carbocycles. The molecule has 162 valence electrons. The minimum atomic E-state index is -0.462. The molecule has 1 aromatic heterocycles. The molecule has 0 fully saturated rings. The Balaban J connectivity index is 1.78. The molecule has 2 N–H and O–H groups in total. The first-order chi connectivity index (χ1) is 14.9. The van der Waals surface area contributed by atoms with Crippen LogP contribution in [0.3, 0.4) is 0 Å². The van der Waals surface area contributed by atoms with E-state index in [1.807, 2.05) is 18.2 Å². The van der Waals surface area contributed by atoms with E-state index in [9.17, 15) is 14.4 Å². The number of amides is 2. The van der Waals surface area contributed by atoms with Gasteiger partial charge < -0.3 is 10.6 Å². The Hall–Kier alpha value is -3.13. The third-order valence-corrected chi connectivity index (χ3v) is 5.78. The van der Waals surface area contributed by atoms with Crippen LogP contribution in [0.4, 0.5) is 11.4 Å². The van der Waals surface area contributed by atoms with Gasteiger partial charge in [0.1, 0.15) is 0 Å². The first kappa shape index (κ1) is 22.6. The lowest BCUT2D eigenvalue weighted by Crippen LogP contribution is -2.27. The number of aromatic nitrogens is 2. The number of hydrogen-bond donors (Lipinski definition) is 2. The molecule has 31 heavy (non-hydrogen) atoms. The van der Waals surface area contributed by atoms with Crippen molar-refractivity contribution in [1.82, 2.24) is 9.55 Å². The topological polar surface area (TPSA) is 93.1 Å². The zero-order chi connectivity index (χ0) is 22.4. The highest BCUT2D eigenvalue weighted by Crippen LogP contribution is 2.24. The van der Waals surface area contributed by atoms with Crippen molar-refractivity contribution in [3.05, 3.63) is 58.9 Å². The van der Waals surface area contributed by atoms with Gasteiger partial charge in [0.25, 0.3) is 5.56 Å². The molecule has 0 aliphatic carbocycles. The van der Waals surface area contributed by atoms with Crippen LogP contribution in [0.2, 0.25) is 0 Å². The normalized spacial score (nSPS) is 11.8. The molecule has 0 saturated carbocycles. The Morgan fingerprint density at radius 3 is 2.35 bits per heavy atom. The number of unbranched alkanes of at least 4 members (excludes halogenated alkanes) is 1. The summed E-state index contributed by atoms with van der Waals surface area (Å²) in [6.45, 7) is 5.86. The average molecular weight is 439 g/mol. The van der Waals surface area contributed by atoms with Crippen molar-refractivity contribution in [2.75, 3.05) is 10.6 Å². The number of nitrogens with one attached hydrogen (secondary N) is 2. The maximum absolute atomic E-state index is 13.0. The van der Waals surface area contributed by atoms with E-state index >= 15 is 0 Å². The number of nitrogens with zero attached hydrogens (tertiary/aromatic N) is 2. The van der Waals surface area contributed by atoms with E-state index in [2.05, 4.69) is 22.5 Å². The fourth-order valence-electron chi connectivity index (χ4n) is 3.05. The molecular formula is C23H26N4O3S. The Labute approximate surface area is 185 Å². The molecule has 3 rings (SSSR count). The van der Waals surface area contributed by atoms with E-state index in [1.165, 1.54) is 18.7 Å². The van der Waals surface area contributed by atoms with E-state index < -0.39 is 5.25 Å². The number of para-hydroxylation sites is 1. The Morgan fingerprint density at radius 2 is 1.71 bits per heavy atom.